The Hall–Kier alpha value is -0.280. The van der Waals surface area contributed by atoms with Gasteiger partial charge in [-0.05, 0) is 38.1 Å². The molecule has 78 valence electrons. The lowest BCUT2D eigenvalue weighted by Gasteiger charge is -2.24. The molecule has 0 fully saturated rings. The van der Waals surface area contributed by atoms with Gasteiger partial charge in [0, 0.05) is 15.6 Å². The van der Waals surface area contributed by atoms with Crippen LogP contribution in [0.5, 0.6) is 0 Å². The molecule has 0 saturated carbocycles. The van der Waals surface area contributed by atoms with Crippen LogP contribution in [-0.2, 0) is 5.60 Å². The molecule has 0 aliphatic carbocycles. The van der Waals surface area contributed by atoms with Gasteiger partial charge in [-0.15, -0.1) is 0 Å². The standard InChI is InChI=1S/C10H13Cl2NO/c1-10(14,4-5-13)8-6-7(11)2-3-9(8)12/h2-3,6,14H,4-5,13H2,1H3. The molecule has 0 aliphatic rings. The van der Waals surface area contributed by atoms with Crippen LogP contribution in [0.25, 0.3) is 0 Å². The van der Waals surface area contributed by atoms with E-state index in [0.29, 0.717) is 28.6 Å². The van der Waals surface area contributed by atoms with Crippen LogP contribution in [-0.4, -0.2) is 11.7 Å². The molecule has 0 bridgehead atoms. The normalized spacial score (nSPS) is 15.2. The van der Waals surface area contributed by atoms with Crippen molar-refractivity contribution in [2.45, 2.75) is 18.9 Å². The van der Waals surface area contributed by atoms with Crippen molar-refractivity contribution in [1.29, 1.82) is 0 Å². The Morgan fingerprint density at radius 2 is 2.07 bits per heavy atom. The molecule has 1 aromatic rings. The number of hydrogen-bond acceptors (Lipinski definition) is 2. The van der Waals surface area contributed by atoms with Crippen molar-refractivity contribution in [2.75, 3.05) is 6.54 Å². The summed E-state index contributed by atoms with van der Waals surface area (Å²) in [5, 5.41) is 11.1. The second-order valence-corrected chi connectivity index (χ2v) is 4.28. The highest BCUT2D eigenvalue weighted by atomic mass is 35.5. The Morgan fingerprint density at radius 1 is 1.43 bits per heavy atom. The summed E-state index contributed by atoms with van der Waals surface area (Å²) >= 11 is 11.8. The van der Waals surface area contributed by atoms with E-state index in [4.69, 9.17) is 28.9 Å². The van der Waals surface area contributed by atoms with Crippen LogP contribution in [0.15, 0.2) is 18.2 Å². The summed E-state index contributed by atoms with van der Waals surface area (Å²) in [5.74, 6) is 0. The smallest absolute Gasteiger partial charge is 0.0895 e. The average Bonchev–Trinajstić information content (AvgIpc) is 2.09. The Morgan fingerprint density at radius 3 is 2.64 bits per heavy atom. The molecule has 0 spiro atoms. The van der Waals surface area contributed by atoms with Crippen LogP contribution in [0.2, 0.25) is 10.0 Å². The molecule has 0 aromatic heterocycles. The second-order valence-electron chi connectivity index (χ2n) is 3.44. The summed E-state index contributed by atoms with van der Waals surface area (Å²) in [7, 11) is 0. The fraction of sp³-hybridized carbons (Fsp3) is 0.400. The number of nitrogens with two attached hydrogens (primary N) is 1. The first-order chi connectivity index (χ1) is 6.47. The monoisotopic (exact) mass is 233 g/mol. The van der Waals surface area contributed by atoms with Crippen molar-refractivity contribution >= 4 is 23.2 Å². The second kappa shape index (κ2) is 4.49. The molecule has 3 N–H and O–H groups in total. The van der Waals surface area contributed by atoms with Crippen LogP contribution in [0.4, 0.5) is 0 Å². The van der Waals surface area contributed by atoms with Crippen LogP contribution in [0, 0.1) is 0 Å². The third-order valence-corrected chi connectivity index (χ3v) is 2.70. The molecule has 4 heteroatoms. The first-order valence-corrected chi connectivity index (χ1v) is 5.11. The number of hydrogen-bond donors (Lipinski definition) is 2. The van der Waals surface area contributed by atoms with Gasteiger partial charge in [-0.25, -0.2) is 0 Å². The molecule has 2 nitrogen and oxygen atoms in total. The van der Waals surface area contributed by atoms with E-state index in [-0.39, 0.29) is 0 Å². The summed E-state index contributed by atoms with van der Waals surface area (Å²) in [6, 6.07) is 5.02. The number of benzene rings is 1. The van der Waals surface area contributed by atoms with Crippen molar-refractivity contribution < 1.29 is 5.11 Å². The van der Waals surface area contributed by atoms with Crippen LogP contribution in [0.3, 0.4) is 0 Å². The lowest BCUT2D eigenvalue weighted by atomic mass is 9.92. The van der Waals surface area contributed by atoms with Gasteiger partial charge in [0.15, 0.2) is 0 Å². The Bertz CT molecular complexity index is 326. The topological polar surface area (TPSA) is 46.2 Å². The minimum absolute atomic E-state index is 0.399. The van der Waals surface area contributed by atoms with Gasteiger partial charge >= 0.3 is 0 Å². The number of aliphatic hydroxyl groups is 1. The summed E-state index contributed by atoms with van der Waals surface area (Å²) in [6.45, 7) is 2.08. The predicted molar refractivity (Wildman–Crippen MR) is 59.7 cm³/mol. The zero-order chi connectivity index (χ0) is 10.8. The molecular formula is C10H13Cl2NO. The van der Waals surface area contributed by atoms with Gasteiger partial charge < -0.3 is 10.8 Å². The SMILES string of the molecule is CC(O)(CCN)c1cc(Cl)ccc1Cl. The lowest BCUT2D eigenvalue weighted by Crippen LogP contribution is -2.25. The lowest BCUT2D eigenvalue weighted by molar-refractivity contribution is 0.0505. The molecule has 14 heavy (non-hydrogen) atoms. The minimum Gasteiger partial charge on any atom is -0.385 e. The van der Waals surface area contributed by atoms with E-state index < -0.39 is 5.60 Å². The molecule has 1 rings (SSSR count). The largest absolute Gasteiger partial charge is 0.385 e. The molecular weight excluding hydrogens is 221 g/mol. The number of rotatable bonds is 3. The predicted octanol–water partition coefficient (Wildman–Crippen LogP) is 2.55. The van der Waals surface area contributed by atoms with Gasteiger partial charge in [-0.3, -0.25) is 0 Å². The van der Waals surface area contributed by atoms with Crippen molar-refractivity contribution in [2.24, 2.45) is 5.73 Å². The van der Waals surface area contributed by atoms with Gasteiger partial charge in [0.25, 0.3) is 0 Å². The molecule has 0 aliphatic heterocycles. The van der Waals surface area contributed by atoms with E-state index in [1.807, 2.05) is 0 Å². The fourth-order valence-electron chi connectivity index (χ4n) is 1.33. The van der Waals surface area contributed by atoms with Crippen LogP contribution < -0.4 is 5.73 Å². The van der Waals surface area contributed by atoms with E-state index in [1.54, 1.807) is 25.1 Å². The Balaban J connectivity index is 3.10. The molecule has 1 unspecified atom stereocenters. The summed E-state index contributed by atoms with van der Waals surface area (Å²) < 4.78 is 0. The van der Waals surface area contributed by atoms with Gasteiger partial charge in [0.2, 0.25) is 0 Å². The van der Waals surface area contributed by atoms with Gasteiger partial charge in [-0.2, -0.15) is 0 Å². The molecule has 0 heterocycles. The van der Waals surface area contributed by atoms with Gasteiger partial charge in [0.1, 0.15) is 0 Å². The molecule has 0 amide bonds. The maximum atomic E-state index is 10.1. The van der Waals surface area contributed by atoms with E-state index in [2.05, 4.69) is 0 Å². The van der Waals surface area contributed by atoms with Crippen LogP contribution in [0.1, 0.15) is 18.9 Å². The maximum absolute atomic E-state index is 10.1. The van der Waals surface area contributed by atoms with Gasteiger partial charge in [0.05, 0.1) is 5.60 Å². The summed E-state index contributed by atoms with van der Waals surface area (Å²) in [4.78, 5) is 0. The first kappa shape index (κ1) is 11.8. The Labute approximate surface area is 93.6 Å². The summed E-state index contributed by atoms with van der Waals surface area (Å²) in [6.07, 6.45) is 0.451. The van der Waals surface area contributed by atoms with E-state index in [0.717, 1.165) is 0 Å². The quantitative estimate of drug-likeness (QED) is 0.844. The molecule has 1 atom stereocenters. The molecule has 1 aromatic carbocycles. The van der Waals surface area contributed by atoms with Crippen molar-refractivity contribution in [3.8, 4) is 0 Å². The van der Waals surface area contributed by atoms with E-state index >= 15 is 0 Å². The van der Waals surface area contributed by atoms with Gasteiger partial charge in [-0.1, -0.05) is 23.2 Å². The minimum atomic E-state index is -1.02. The van der Waals surface area contributed by atoms with E-state index in [1.165, 1.54) is 0 Å². The molecule has 0 radical (unpaired) electrons. The summed E-state index contributed by atoms with van der Waals surface area (Å²) in [5.41, 5.74) is 5.01. The van der Waals surface area contributed by atoms with E-state index in [9.17, 15) is 5.11 Å². The van der Waals surface area contributed by atoms with Crippen molar-refractivity contribution in [1.82, 2.24) is 0 Å². The highest BCUT2D eigenvalue weighted by molar-refractivity contribution is 6.33. The fourth-order valence-corrected chi connectivity index (χ4v) is 1.82. The first-order valence-electron chi connectivity index (χ1n) is 4.35. The Kier molecular flexibility index (Phi) is 3.78. The maximum Gasteiger partial charge on any atom is 0.0895 e. The number of halogens is 2. The highest BCUT2D eigenvalue weighted by Crippen LogP contribution is 2.32. The zero-order valence-electron chi connectivity index (χ0n) is 7.93. The van der Waals surface area contributed by atoms with Crippen molar-refractivity contribution in [3.63, 3.8) is 0 Å². The zero-order valence-corrected chi connectivity index (χ0v) is 9.44. The third kappa shape index (κ3) is 2.61. The molecule has 0 saturated heterocycles. The van der Waals surface area contributed by atoms with Crippen LogP contribution >= 0.6 is 23.2 Å². The third-order valence-electron chi connectivity index (χ3n) is 2.14. The van der Waals surface area contributed by atoms with Crippen molar-refractivity contribution in [3.05, 3.63) is 33.8 Å². The average molecular weight is 234 g/mol. The highest BCUT2D eigenvalue weighted by Gasteiger charge is 2.24.